The van der Waals surface area contributed by atoms with Crippen LogP contribution in [0.3, 0.4) is 0 Å². The van der Waals surface area contributed by atoms with Crippen molar-refractivity contribution in [2.45, 2.75) is 130 Å². The van der Waals surface area contributed by atoms with Crippen molar-refractivity contribution in [2.75, 3.05) is 78.0 Å². The number of nitrogens with two attached hydrogens (primary N) is 3. The van der Waals surface area contributed by atoms with Crippen LogP contribution in [0.25, 0.3) is 0 Å². The second-order valence-electron chi connectivity index (χ2n) is 25.6. The van der Waals surface area contributed by atoms with E-state index in [4.69, 9.17) is 36.1 Å². The molecule has 13 N–H and O–H groups in total. The minimum absolute atomic E-state index is 0.0165. The number of nitrogens with one attached hydrogen (secondary N) is 1. The zero-order valence-corrected chi connectivity index (χ0v) is 57.5. The van der Waals surface area contributed by atoms with Crippen molar-refractivity contribution in [2.24, 2.45) is 43.1 Å². The summed E-state index contributed by atoms with van der Waals surface area (Å²) in [7, 11) is 0. The van der Waals surface area contributed by atoms with Gasteiger partial charge < -0.3 is 91.7 Å². The van der Waals surface area contributed by atoms with Gasteiger partial charge in [-0.1, -0.05) is 49.2 Å². The number of hydrogen-bond donors (Lipinski definition) is 10. The highest BCUT2D eigenvalue weighted by atomic mass is 79.9. The third-order valence-corrected chi connectivity index (χ3v) is 21.8. The van der Waals surface area contributed by atoms with E-state index in [1.165, 1.54) is 6.92 Å². The molecule has 16 atom stereocenters. The van der Waals surface area contributed by atoms with Gasteiger partial charge in [-0.15, -0.1) is 52.7 Å². The Morgan fingerprint density at radius 1 is 0.494 bits per heavy atom. The van der Waals surface area contributed by atoms with Crippen LogP contribution in [0, 0.1) is 5.92 Å². The normalized spacial score (nSPS) is 32.6. The Morgan fingerprint density at radius 2 is 0.782 bits per heavy atom. The second kappa shape index (κ2) is 30.8. The number of alkyl halides is 1. The number of ether oxygens (including phenoxy) is 4. The highest BCUT2D eigenvalue weighted by molar-refractivity contribution is 9.09. The van der Waals surface area contributed by atoms with Crippen LogP contribution in [0.5, 0.6) is 0 Å². The molecule has 0 aromatic heterocycles. The van der Waals surface area contributed by atoms with Crippen molar-refractivity contribution in [1.29, 1.82) is 0 Å². The monoisotopic (exact) mass is 1350 g/mol. The highest BCUT2D eigenvalue weighted by Crippen LogP contribution is 2.43. The zero-order valence-electron chi connectivity index (χ0n) is 52.4. The average molecular weight is 1360 g/mol. The first-order valence-corrected chi connectivity index (χ1v) is 41.8. The molecule has 8 rings (SSSR count). The molecule has 87 heavy (non-hydrogen) atoms. The summed E-state index contributed by atoms with van der Waals surface area (Å²) in [5, 5.41) is 64.3. The Bertz CT molecular complexity index is 2760. The largest absolute Gasteiger partial charge is 0.390 e. The molecule has 0 unspecified atom stereocenters. The molecule has 8 aliphatic rings. The molecule has 4 saturated heterocycles. The summed E-state index contributed by atoms with van der Waals surface area (Å²) in [6.07, 6.45) is 28.7. The van der Waals surface area contributed by atoms with Crippen molar-refractivity contribution >= 4 is 97.9 Å². The van der Waals surface area contributed by atoms with Crippen molar-refractivity contribution in [1.82, 2.24) is 24.9 Å². The summed E-state index contributed by atoms with van der Waals surface area (Å²) in [4.78, 5) is 34.2. The predicted molar refractivity (Wildman–Crippen MR) is 371 cm³/mol. The van der Waals surface area contributed by atoms with Gasteiger partial charge in [-0.2, -0.15) is 0 Å². The Labute approximate surface area is 524 Å². The fraction of sp³-hybridized carbons (Fsp3) is 0.576. The molecular formula is C59H99BrN12O11P4. The Morgan fingerprint density at radius 3 is 1.11 bits per heavy atom. The minimum Gasteiger partial charge on any atom is -0.390 e. The molecule has 8 heterocycles. The third kappa shape index (κ3) is 21.5. The summed E-state index contributed by atoms with van der Waals surface area (Å²) in [6.45, 7) is 31.4. The van der Waals surface area contributed by atoms with E-state index in [-0.39, 0.29) is 41.3 Å². The van der Waals surface area contributed by atoms with Gasteiger partial charge in [0.15, 0.2) is 18.7 Å². The molecule has 0 bridgehead atoms. The van der Waals surface area contributed by atoms with Gasteiger partial charge in [0.1, 0.15) is 77.3 Å². The van der Waals surface area contributed by atoms with Crippen LogP contribution >= 0.6 is 43.5 Å². The molecule has 0 spiro atoms. The number of hydrogen-bond acceptors (Lipinski definition) is 22. The van der Waals surface area contributed by atoms with Crippen LogP contribution in [0.1, 0.15) is 39.5 Å². The van der Waals surface area contributed by atoms with Gasteiger partial charge in [0.2, 0.25) is 5.91 Å². The van der Waals surface area contributed by atoms with Gasteiger partial charge in [0.25, 0.3) is 0 Å². The smallest absolute Gasteiger partial charge is 0.222 e. The van der Waals surface area contributed by atoms with Crippen molar-refractivity contribution in [3.05, 3.63) is 98.7 Å². The van der Waals surface area contributed by atoms with E-state index < -0.39 is 88.8 Å². The lowest BCUT2D eigenvalue weighted by molar-refractivity contribution is -0.117. The number of amidine groups is 4. The maximum Gasteiger partial charge on any atom is 0.222 e. The summed E-state index contributed by atoms with van der Waals surface area (Å²) in [5.41, 5.74) is 16.9. The third-order valence-electron chi connectivity index (χ3n) is 15.0. The van der Waals surface area contributed by atoms with Crippen LogP contribution < -0.4 is 22.5 Å². The SMILES string of the molecule is C=C1N=C(N)C=CN1[C@@H]1O[C@H](CCP(=C)(C)C)[C@@H](O)[C@H]1Br.C=C1N=C(N)C=CN1[C@@H]1O[C@H](CCP(=C)(C)C)[C@@H](O)[C@H]1C.C=C1N=C(N)C=CN1[C@@H]1O[C@H](CCP(=C)(C)C)[C@@H](O)[C@H]1O.C=C1N=C(NC(C)=O)C=CN1[C@@H]1O[C@H](CCP(=C)(C)C)[C@@H](O)[C@H]1O. The summed E-state index contributed by atoms with van der Waals surface area (Å²) < 4.78 is 23.8. The topological polar surface area (TPSA) is 328 Å². The van der Waals surface area contributed by atoms with E-state index in [9.17, 15) is 35.4 Å². The number of halogens is 1. The molecule has 488 valence electrons. The lowest BCUT2D eigenvalue weighted by atomic mass is 10.00. The van der Waals surface area contributed by atoms with E-state index in [0.29, 0.717) is 59.5 Å². The number of aliphatic hydroxyl groups excluding tert-OH is 6. The molecule has 0 radical (unpaired) electrons. The predicted octanol–water partition coefficient (Wildman–Crippen LogP) is 3.62. The lowest BCUT2D eigenvalue weighted by Crippen LogP contribution is -2.42. The Kier molecular flexibility index (Phi) is 26.1. The van der Waals surface area contributed by atoms with Gasteiger partial charge in [0.05, 0.1) is 41.5 Å². The zero-order chi connectivity index (χ0) is 65.4. The van der Waals surface area contributed by atoms with Gasteiger partial charge in [-0.3, -0.25) is 4.79 Å². The number of aliphatic hydroxyl groups is 6. The average Bonchev–Trinajstić information content (AvgIpc) is 1.80. The van der Waals surface area contributed by atoms with Gasteiger partial charge >= 0.3 is 0 Å². The standard InChI is InChI=1S/C16H26N3O4P.C15H26N3O2P.C14H23BrN3O2P.C14H24N3O3P/c1-10-17-13(18-11(2)20)6-8-19(10)16-15(22)14(21)12(23-16)7-9-24(3,4)5;1-10-14(19)12(7-9-21(3,4)5)20-15(10)18-8-6-13(16)17-11(18)2;1-9-17-11(16)5-7-18(9)14-12(15)13(19)10(20-14)6-8-21(2,3)4;1-9-16-11(15)5-7-17(9)14-13(19)12(18)10(20-14)6-8-21(2,3)4/h6,8,12,14-16,21-22H,1,3,7,9H2,2,4-5H3,(H,17,18,20);6,8,10,12,14-15,19H,2-3,7,9H2,1,4-5H3,(H2,16,17);5,7,10,12-14,19H,1-2,6,8H2,3-4H3,(H2,16,17);5,7,10,12-14,18-19H,1-2,6,8H2,3-4H3,(H2,15,16)/t12-,14-,15-,16-;10-,12-,14+,15-;2*10-,12-,13-,14-/m1111/s1. The molecular weight excluding hydrogens is 1260 g/mol. The molecule has 4 fully saturated rings. The van der Waals surface area contributed by atoms with Crippen LogP contribution in [-0.2, 0) is 23.7 Å². The number of rotatable bonds is 16. The second-order valence-corrected chi connectivity index (χ2v) is 44.0. The molecule has 23 nitrogen and oxygen atoms in total. The number of nitrogens with zero attached hydrogens (tertiary/aromatic N) is 8. The first-order valence-electron chi connectivity index (χ1n) is 28.7. The Hall–Kier alpha value is -4.05. The van der Waals surface area contributed by atoms with Gasteiger partial charge in [-0.05, 0) is 128 Å². The van der Waals surface area contributed by atoms with Crippen LogP contribution in [0.4, 0.5) is 0 Å². The van der Waals surface area contributed by atoms with E-state index in [1.807, 2.05) is 18.0 Å². The molecule has 1 amide bonds. The number of carbonyl (C=O) groups excluding carboxylic acids is 1. The van der Waals surface area contributed by atoms with E-state index in [2.05, 4.69) is 146 Å². The van der Waals surface area contributed by atoms with E-state index in [1.54, 1.807) is 57.6 Å². The van der Waals surface area contributed by atoms with E-state index >= 15 is 0 Å². The summed E-state index contributed by atoms with van der Waals surface area (Å²) in [5.74, 6) is 3.10. The highest BCUT2D eigenvalue weighted by Gasteiger charge is 2.49. The van der Waals surface area contributed by atoms with E-state index in [0.717, 1.165) is 37.5 Å². The van der Waals surface area contributed by atoms with Crippen LogP contribution in [0.2, 0.25) is 0 Å². The van der Waals surface area contributed by atoms with Crippen LogP contribution in [0.15, 0.2) is 119 Å². The maximum absolute atomic E-state index is 11.1. The quantitative estimate of drug-likeness (QED) is 0.0779. The number of carbonyl (C=O) groups is 1. The molecule has 0 aromatic rings. The van der Waals surface area contributed by atoms with Crippen LogP contribution in [-0.4, -0.2) is 273 Å². The first-order chi connectivity index (χ1) is 40.1. The number of aliphatic imine (C=N–C) groups is 4. The summed E-state index contributed by atoms with van der Waals surface area (Å²) >= 11 is 3.53. The molecule has 8 aliphatic heterocycles. The molecule has 0 saturated carbocycles. The fourth-order valence-electron chi connectivity index (χ4n) is 10.0. The minimum atomic E-state index is -1.23. The summed E-state index contributed by atoms with van der Waals surface area (Å²) in [6, 6.07) is 0. The lowest BCUT2D eigenvalue weighted by Gasteiger charge is -2.31. The molecule has 28 heteroatoms. The molecule has 0 aliphatic carbocycles. The first kappa shape index (κ1) is 73.7. The maximum atomic E-state index is 11.1. The number of amides is 1. The van der Waals surface area contributed by atoms with Gasteiger partial charge in [0, 0.05) is 37.6 Å². The van der Waals surface area contributed by atoms with Crippen molar-refractivity contribution in [3.63, 3.8) is 0 Å². The molecule has 0 aromatic carbocycles. The van der Waals surface area contributed by atoms with Gasteiger partial charge in [-0.25, -0.2) is 20.0 Å². The fourth-order valence-corrected chi connectivity index (χ4v) is 14.6. The van der Waals surface area contributed by atoms with Crippen molar-refractivity contribution in [3.8, 4) is 0 Å². The Balaban J connectivity index is 0.000000212. The van der Waals surface area contributed by atoms with Crippen molar-refractivity contribution < 1.29 is 54.4 Å².